The Labute approximate surface area is 124 Å². The molecule has 1 aromatic carbocycles. The summed E-state index contributed by atoms with van der Waals surface area (Å²) in [7, 11) is 0. The zero-order valence-electron chi connectivity index (χ0n) is 11.0. The largest absolute Gasteiger partial charge is 0.298 e. The highest BCUT2D eigenvalue weighted by Crippen LogP contribution is 2.35. The van der Waals surface area contributed by atoms with Crippen LogP contribution in [0.5, 0.6) is 0 Å². The maximum atomic E-state index is 13.2. The van der Waals surface area contributed by atoms with Gasteiger partial charge < -0.3 is 0 Å². The molecule has 1 heterocycles. The summed E-state index contributed by atoms with van der Waals surface area (Å²) in [6.45, 7) is 0.363. The van der Waals surface area contributed by atoms with Gasteiger partial charge in [-0.2, -0.15) is 0 Å². The van der Waals surface area contributed by atoms with Gasteiger partial charge >= 0.3 is 0 Å². The SMILES string of the molecule is O=c1c(Br)c(C2CCCC2)[nH]n1Cc1cccc(F)c1. The molecule has 106 valence electrons. The second-order valence-corrected chi connectivity index (χ2v) is 6.14. The minimum Gasteiger partial charge on any atom is -0.298 e. The highest BCUT2D eigenvalue weighted by Gasteiger charge is 2.23. The molecule has 0 spiro atoms. The van der Waals surface area contributed by atoms with Crippen LogP contribution in [-0.2, 0) is 6.54 Å². The first-order chi connectivity index (χ1) is 9.65. The minimum absolute atomic E-state index is 0.0730. The summed E-state index contributed by atoms with van der Waals surface area (Å²) >= 11 is 3.40. The Morgan fingerprint density at radius 1 is 1.35 bits per heavy atom. The molecule has 1 aliphatic rings. The van der Waals surface area contributed by atoms with Crippen LogP contribution in [0.2, 0.25) is 0 Å². The van der Waals surface area contributed by atoms with Crippen molar-refractivity contribution in [2.45, 2.75) is 38.1 Å². The first-order valence-corrected chi connectivity index (χ1v) is 7.67. The summed E-state index contributed by atoms with van der Waals surface area (Å²) in [6.07, 6.45) is 4.68. The number of rotatable bonds is 3. The normalized spacial score (nSPS) is 15.9. The maximum absolute atomic E-state index is 13.2. The number of hydrogen-bond acceptors (Lipinski definition) is 1. The van der Waals surface area contributed by atoms with Gasteiger partial charge in [0.2, 0.25) is 0 Å². The Morgan fingerprint density at radius 2 is 2.10 bits per heavy atom. The van der Waals surface area contributed by atoms with E-state index >= 15 is 0 Å². The predicted octanol–water partition coefficient (Wildman–Crippen LogP) is 3.78. The van der Waals surface area contributed by atoms with Crippen molar-refractivity contribution in [2.75, 3.05) is 0 Å². The predicted molar refractivity (Wildman–Crippen MR) is 79.5 cm³/mol. The van der Waals surface area contributed by atoms with E-state index in [4.69, 9.17) is 0 Å². The van der Waals surface area contributed by atoms with Gasteiger partial charge in [-0.15, -0.1) is 0 Å². The van der Waals surface area contributed by atoms with E-state index in [9.17, 15) is 9.18 Å². The van der Waals surface area contributed by atoms with Crippen molar-refractivity contribution in [1.82, 2.24) is 9.78 Å². The van der Waals surface area contributed by atoms with Crippen LogP contribution in [0, 0.1) is 5.82 Å². The molecule has 0 unspecified atom stereocenters. The van der Waals surface area contributed by atoms with Gasteiger partial charge in [0.05, 0.1) is 12.2 Å². The maximum Gasteiger partial charge on any atom is 0.281 e. The number of aromatic nitrogens is 2. The zero-order chi connectivity index (χ0) is 14.1. The third kappa shape index (κ3) is 2.59. The Morgan fingerprint density at radius 3 is 2.80 bits per heavy atom. The van der Waals surface area contributed by atoms with E-state index in [1.54, 1.807) is 10.7 Å². The first kappa shape index (κ1) is 13.6. The number of nitrogens with zero attached hydrogens (tertiary/aromatic N) is 1. The lowest BCUT2D eigenvalue weighted by molar-refractivity contribution is 0.604. The lowest BCUT2D eigenvalue weighted by Crippen LogP contribution is -2.17. The molecule has 1 saturated carbocycles. The summed E-state index contributed by atoms with van der Waals surface area (Å²) in [5.41, 5.74) is 1.69. The van der Waals surface area contributed by atoms with Crippen LogP contribution < -0.4 is 5.56 Å². The molecule has 1 fully saturated rings. The van der Waals surface area contributed by atoms with Crippen molar-refractivity contribution in [1.29, 1.82) is 0 Å². The van der Waals surface area contributed by atoms with E-state index in [1.807, 2.05) is 6.07 Å². The van der Waals surface area contributed by atoms with Crippen molar-refractivity contribution < 1.29 is 4.39 Å². The van der Waals surface area contributed by atoms with Gasteiger partial charge in [-0.3, -0.25) is 9.89 Å². The van der Waals surface area contributed by atoms with E-state index in [2.05, 4.69) is 21.0 Å². The Hall–Kier alpha value is -1.36. The Balaban J connectivity index is 1.90. The van der Waals surface area contributed by atoms with Crippen LogP contribution in [-0.4, -0.2) is 9.78 Å². The summed E-state index contributed by atoms with van der Waals surface area (Å²) in [5.74, 6) is 0.156. The molecular weight excluding hydrogens is 323 g/mol. The van der Waals surface area contributed by atoms with Gasteiger partial charge in [-0.25, -0.2) is 9.07 Å². The molecule has 0 aliphatic heterocycles. The third-order valence-electron chi connectivity index (χ3n) is 3.92. The van der Waals surface area contributed by atoms with Crippen LogP contribution in [0.15, 0.2) is 33.5 Å². The monoisotopic (exact) mass is 338 g/mol. The average molecular weight is 339 g/mol. The van der Waals surface area contributed by atoms with E-state index in [0.717, 1.165) is 24.1 Å². The summed E-state index contributed by atoms with van der Waals surface area (Å²) in [6, 6.07) is 6.34. The lowest BCUT2D eigenvalue weighted by atomic mass is 10.1. The Bertz CT molecular complexity index is 671. The molecule has 0 radical (unpaired) electrons. The standard InChI is InChI=1S/C15H16BrFN2O/c16-13-14(11-5-1-2-6-11)18-19(15(13)20)9-10-4-3-7-12(17)8-10/h3-4,7-8,11,18H,1-2,5-6,9H2. The molecule has 20 heavy (non-hydrogen) atoms. The summed E-state index contributed by atoms with van der Waals surface area (Å²) in [5, 5.41) is 3.19. The van der Waals surface area contributed by atoms with E-state index in [-0.39, 0.29) is 11.4 Å². The fraction of sp³-hybridized carbons (Fsp3) is 0.400. The third-order valence-corrected chi connectivity index (χ3v) is 4.68. The van der Waals surface area contributed by atoms with E-state index < -0.39 is 0 Å². The highest BCUT2D eigenvalue weighted by molar-refractivity contribution is 9.10. The van der Waals surface area contributed by atoms with Gasteiger partial charge in [-0.05, 0) is 46.5 Å². The average Bonchev–Trinajstić information content (AvgIpc) is 3.03. The number of H-pyrrole nitrogens is 1. The van der Waals surface area contributed by atoms with Crippen LogP contribution in [0.25, 0.3) is 0 Å². The van der Waals surface area contributed by atoms with Crippen molar-refractivity contribution in [3.8, 4) is 0 Å². The number of hydrogen-bond donors (Lipinski definition) is 1. The highest BCUT2D eigenvalue weighted by atomic mass is 79.9. The van der Waals surface area contributed by atoms with Crippen molar-refractivity contribution in [2.24, 2.45) is 0 Å². The fourth-order valence-electron chi connectivity index (χ4n) is 2.89. The molecule has 5 heteroatoms. The van der Waals surface area contributed by atoms with E-state index in [1.165, 1.54) is 25.0 Å². The second-order valence-electron chi connectivity index (χ2n) is 5.34. The van der Waals surface area contributed by atoms with Crippen molar-refractivity contribution in [3.05, 3.63) is 56.2 Å². The molecule has 0 bridgehead atoms. The first-order valence-electron chi connectivity index (χ1n) is 6.88. The van der Waals surface area contributed by atoms with Crippen LogP contribution in [0.4, 0.5) is 4.39 Å². The quantitative estimate of drug-likeness (QED) is 0.908. The smallest absolute Gasteiger partial charge is 0.281 e. The van der Waals surface area contributed by atoms with Gasteiger partial charge in [0.15, 0.2) is 0 Å². The molecule has 3 nitrogen and oxygen atoms in total. The summed E-state index contributed by atoms with van der Waals surface area (Å²) in [4.78, 5) is 12.2. The number of aromatic amines is 1. The molecule has 1 N–H and O–H groups in total. The molecular formula is C15H16BrFN2O. The van der Waals surface area contributed by atoms with Crippen LogP contribution in [0.3, 0.4) is 0 Å². The molecule has 1 aliphatic carbocycles. The molecule has 0 atom stereocenters. The van der Waals surface area contributed by atoms with Crippen LogP contribution >= 0.6 is 15.9 Å². The van der Waals surface area contributed by atoms with Crippen molar-refractivity contribution >= 4 is 15.9 Å². The summed E-state index contributed by atoms with van der Waals surface area (Å²) < 4.78 is 15.4. The topological polar surface area (TPSA) is 37.8 Å². The molecule has 0 saturated heterocycles. The van der Waals surface area contributed by atoms with Gasteiger partial charge in [0.1, 0.15) is 10.3 Å². The van der Waals surface area contributed by atoms with Gasteiger partial charge in [-0.1, -0.05) is 25.0 Å². The Kier molecular flexibility index (Phi) is 3.78. The van der Waals surface area contributed by atoms with E-state index in [0.29, 0.717) is 16.9 Å². The molecule has 2 aromatic rings. The minimum atomic E-state index is -0.280. The second kappa shape index (κ2) is 5.56. The number of nitrogens with one attached hydrogen (secondary N) is 1. The number of halogens is 2. The van der Waals surface area contributed by atoms with Crippen LogP contribution in [0.1, 0.15) is 42.9 Å². The van der Waals surface area contributed by atoms with Crippen molar-refractivity contribution in [3.63, 3.8) is 0 Å². The molecule has 3 rings (SSSR count). The zero-order valence-corrected chi connectivity index (χ0v) is 12.6. The molecule has 0 amide bonds. The molecule has 1 aromatic heterocycles. The van der Waals surface area contributed by atoms with Gasteiger partial charge in [0, 0.05) is 5.92 Å². The fourth-order valence-corrected chi connectivity index (χ4v) is 3.52. The number of benzene rings is 1. The van der Waals surface area contributed by atoms with Gasteiger partial charge in [0.25, 0.3) is 5.56 Å². The lowest BCUT2D eigenvalue weighted by Gasteiger charge is -2.07.